The minimum Gasteiger partial charge on any atom is -0.327 e. The fourth-order valence-electron chi connectivity index (χ4n) is 2.29. The molecule has 0 aromatic carbocycles. The van der Waals surface area contributed by atoms with E-state index in [0.717, 1.165) is 24.1 Å². The van der Waals surface area contributed by atoms with Crippen molar-refractivity contribution in [3.05, 3.63) is 23.5 Å². The van der Waals surface area contributed by atoms with Gasteiger partial charge >= 0.3 is 0 Å². The Kier molecular flexibility index (Phi) is 3.86. The van der Waals surface area contributed by atoms with Crippen LogP contribution in [0.25, 0.3) is 11.0 Å². The van der Waals surface area contributed by atoms with Gasteiger partial charge in [-0.1, -0.05) is 11.6 Å². The standard InChI is InChI=1S/C11H13ClN4.ClH/c12-10-6-8-3-5-16(11(8)15-14-10)9-2-1-4-13-7-9;/h3,5-6,9,13H,1-2,4,7H2;1H/t9-;/m1./s1. The number of fused-ring (bicyclic) bond motifs is 1. The van der Waals surface area contributed by atoms with E-state index in [9.17, 15) is 0 Å². The van der Waals surface area contributed by atoms with E-state index in [2.05, 4.69) is 26.3 Å². The molecule has 2 aromatic heterocycles. The van der Waals surface area contributed by atoms with Gasteiger partial charge in [0, 0.05) is 24.2 Å². The fraction of sp³-hybridized carbons (Fsp3) is 0.455. The Morgan fingerprint density at radius 1 is 1.41 bits per heavy atom. The van der Waals surface area contributed by atoms with Gasteiger partial charge in [-0.3, -0.25) is 0 Å². The number of hydrogen-bond acceptors (Lipinski definition) is 3. The minimum atomic E-state index is 0. The first-order valence-corrected chi connectivity index (χ1v) is 5.93. The first-order chi connectivity index (χ1) is 7.84. The zero-order valence-electron chi connectivity index (χ0n) is 9.27. The van der Waals surface area contributed by atoms with Crippen LogP contribution in [0.4, 0.5) is 0 Å². The van der Waals surface area contributed by atoms with Gasteiger partial charge in [0.15, 0.2) is 10.8 Å². The molecule has 0 spiro atoms. The van der Waals surface area contributed by atoms with Crippen LogP contribution in [-0.4, -0.2) is 27.9 Å². The Balaban J connectivity index is 0.00000108. The summed E-state index contributed by atoms with van der Waals surface area (Å²) >= 11 is 5.82. The number of nitrogens with one attached hydrogen (secondary N) is 1. The topological polar surface area (TPSA) is 42.7 Å². The Labute approximate surface area is 111 Å². The first kappa shape index (κ1) is 12.6. The number of hydrogen-bond donors (Lipinski definition) is 1. The normalized spacial score (nSPS) is 20.2. The fourth-order valence-corrected chi connectivity index (χ4v) is 2.45. The molecule has 1 atom stereocenters. The summed E-state index contributed by atoms with van der Waals surface area (Å²) in [5, 5.41) is 13.0. The number of piperidine rings is 1. The molecule has 0 bridgehead atoms. The summed E-state index contributed by atoms with van der Waals surface area (Å²) in [4.78, 5) is 0. The lowest BCUT2D eigenvalue weighted by Gasteiger charge is -2.24. The zero-order valence-corrected chi connectivity index (χ0v) is 10.8. The molecule has 1 aliphatic rings. The van der Waals surface area contributed by atoms with Gasteiger partial charge in [0.25, 0.3) is 0 Å². The summed E-state index contributed by atoms with van der Waals surface area (Å²) in [6.45, 7) is 2.13. The molecular weight excluding hydrogens is 259 g/mol. The second kappa shape index (κ2) is 5.21. The molecule has 1 saturated heterocycles. The van der Waals surface area contributed by atoms with Crippen LogP contribution in [0.2, 0.25) is 5.15 Å². The smallest absolute Gasteiger partial charge is 0.162 e. The quantitative estimate of drug-likeness (QED) is 0.867. The Hall–Kier alpha value is -0.840. The van der Waals surface area contributed by atoms with Gasteiger partial charge in [-0.25, -0.2) is 0 Å². The lowest BCUT2D eigenvalue weighted by molar-refractivity contribution is 0.377. The van der Waals surface area contributed by atoms with Gasteiger partial charge in [0.1, 0.15) is 0 Å². The average molecular weight is 273 g/mol. The lowest BCUT2D eigenvalue weighted by Crippen LogP contribution is -2.31. The van der Waals surface area contributed by atoms with Gasteiger partial charge in [-0.2, -0.15) is 0 Å². The van der Waals surface area contributed by atoms with E-state index in [0.29, 0.717) is 11.2 Å². The third-order valence-electron chi connectivity index (χ3n) is 3.10. The summed E-state index contributed by atoms with van der Waals surface area (Å²) in [5.74, 6) is 0. The molecule has 0 saturated carbocycles. The Morgan fingerprint density at radius 2 is 2.29 bits per heavy atom. The predicted octanol–water partition coefficient (Wildman–Crippen LogP) is 2.43. The highest BCUT2D eigenvalue weighted by molar-refractivity contribution is 6.29. The van der Waals surface area contributed by atoms with Crippen LogP contribution in [0.3, 0.4) is 0 Å². The third-order valence-corrected chi connectivity index (χ3v) is 3.28. The van der Waals surface area contributed by atoms with E-state index < -0.39 is 0 Å². The molecule has 0 radical (unpaired) electrons. The average Bonchev–Trinajstić information content (AvgIpc) is 2.73. The van der Waals surface area contributed by atoms with Gasteiger partial charge in [-0.05, 0) is 31.5 Å². The lowest BCUT2D eigenvalue weighted by atomic mass is 10.1. The molecule has 4 nitrogen and oxygen atoms in total. The zero-order chi connectivity index (χ0) is 11.0. The summed E-state index contributed by atoms with van der Waals surface area (Å²) < 4.78 is 2.20. The van der Waals surface area contributed by atoms with Crippen LogP contribution >= 0.6 is 24.0 Å². The maximum atomic E-state index is 5.82. The highest BCUT2D eigenvalue weighted by Crippen LogP contribution is 2.23. The molecule has 92 valence electrons. The van der Waals surface area contributed by atoms with Crippen molar-refractivity contribution < 1.29 is 0 Å². The monoisotopic (exact) mass is 272 g/mol. The van der Waals surface area contributed by atoms with Crippen LogP contribution in [0, 0.1) is 0 Å². The number of rotatable bonds is 1. The van der Waals surface area contributed by atoms with Crippen molar-refractivity contribution in [1.29, 1.82) is 0 Å². The van der Waals surface area contributed by atoms with Crippen molar-refractivity contribution in [2.75, 3.05) is 13.1 Å². The van der Waals surface area contributed by atoms with Gasteiger partial charge < -0.3 is 9.88 Å². The van der Waals surface area contributed by atoms with E-state index in [4.69, 9.17) is 11.6 Å². The predicted molar refractivity (Wildman–Crippen MR) is 70.9 cm³/mol. The number of aromatic nitrogens is 3. The highest BCUT2D eigenvalue weighted by Gasteiger charge is 2.17. The van der Waals surface area contributed by atoms with Gasteiger partial charge in [-0.15, -0.1) is 22.6 Å². The largest absolute Gasteiger partial charge is 0.327 e. The molecule has 1 N–H and O–H groups in total. The number of nitrogens with zero attached hydrogens (tertiary/aromatic N) is 3. The SMILES string of the molecule is Cl.Clc1cc2ccn([C@@H]3CCCNC3)c2nn1. The van der Waals surface area contributed by atoms with Crippen LogP contribution in [0.5, 0.6) is 0 Å². The molecule has 2 aromatic rings. The molecule has 1 aliphatic heterocycles. The summed E-state index contributed by atoms with van der Waals surface area (Å²) in [5.41, 5.74) is 0.929. The molecule has 6 heteroatoms. The van der Waals surface area contributed by atoms with E-state index in [1.165, 1.54) is 12.8 Å². The molecule has 0 unspecified atom stereocenters. The van der Waals surface area contributed by atoms with Crippen LogP contribution in [0.15, 0.2) is 18.3 Å². The second-order valence-corrected chi connectivity index (χ2v) is 4.56. The molecule has 1 fully saturated rings. The van der Waals surface area contributed by atoms with Crippen molar-refractivity contribution in [3.63, 3.8) is 0 Å². The Bertz CT molecular complexity index is 505. The Morgan fingerprint density at radius 3 is 3.06 bits per heavy atom. The summed E-state index contributed by atoms with van der Waals surface area (Å²) in [6, 6.07) is 4.39. The maximum absolute atomic E-state index is 5.82. The molecule has 0 aliphatic carbocycles. The minimum absolute atomic E-state index is 0. The third kappa shape index (κ3) is 2.39. The molecule has 0 amide bonds. The van der Waals surface area contributed by atoms with E-state index >= 15 is 0 Å². The molecule has 17 heavy (non-hydrogen) atoms. The highest BCUT2D eigenvalue weighted by atomic mass is 35.5. The van der Waals surface area contributed by atoms with Gasteiger partial charge in [0.05, 0.1) is 0 Å². The van der Waals surface area contributed by atoms with Crippen LogP contribution in [0.1, 0.15) is 18.9 Å². The van der Waals surface area contributed by atoms with Crippen LogP contribution in [-0.2, 0) is 0 Å². The second-order valence-electron chi connectivity index (χ2n) is 4.17. The van der Waals surface area contributed by atoms with E-state index in [-0.39, 0.29) is 12.4 Å². The van der Waals surface area contributed by atoms with E-state index in [1.54, 1.807) is 0 Å². The van der Waals surface area contributed by atoms with Crippen molar-refractivity contribution in [1.82, 2.24) is 20.1 Å². The molecular formula is C11H14Cl2N4. The molecule has 3 rings (SSSR count). The van der Waals surface area contributed by atoms with Gasteiger partial charge in [0.2, 0.25) is 0 Å². The first-order valence-electron chi connectivity index (χ1n) is 5.55. The van der Waals surface area contributed by atoms with E-state index in [1.807, 2.05) is 12.1 Å². The number of halogens is 2. The van der Waals surface area contributed by atoms with Crippen molar-refractivity contribution in [2.24, 2.45) is 0 Å². The van der Waals surface area contributed by atoms with Crippen molar-refractivity contribution in [2.45, 2.75) is 18.9 Å². The molecule has 3 heterocycles. The maximum Gasteiger partial charge on any atom is 0.162 e. The van der Waals surface area contributed by atoms with Crippen molar-refractivity contribution in [3.8, 4) is 0 Å². The van der Waals surface area contributed by atoms with Crippen LogP contribution < -0.4 is 5.32 Å². The summed E-state index contributed by atoms with van der Waals surface area (Å²) in [7, 11) is 0. The summed E-state index contributed by atoms with van der Waals surface area (Å²) in [6.07, 6.45) is 4.49. The van der Waals surface area contributed by atoms with Crippen molar-refractivity contribution >= 4 is 35.0 Å².